The van der Waals surface area contributed by atoms with Crippen LogP contribution in [0, 0.1) is 0 Å². The van der Waals surface area contributed by atoms with Crippen LogP contribution >= 0.6 is 0 Å². The summed E-state index contributed by atoms with van der Waals surface area (Å²) in [4.78, 5) is 4.05. The molecule has 0 unspecified atom stereocenters. The van der Waals surface area contributed by atoms with Gasteiger partial charge in [-0.3, -0.25) is 9.47 Å². The lowest BCUT2D eigenvalue weighted by Crippen LogP contribution is -2.57. The first-order chi connectivity index (χ1) is 6.31. The summed E-state index contributed by atoms with van der Waals surface area (Å²) in [5.74, 6) is 0. The number of rotatable bonds is 1. The van der Waals surface area contributed by atoms with Gasteiger partial charge in [0.15, 0.2) is 0 Å². The van der Waals surface area contributed by atoms with Crippen LogP contribution in [0.4, 0.5) is 5.69 Å². The largest absolute Gasteiger partial charge is 0.306 e. The van der Waals surface area contributed by atoms with E-state index in [1.807, 2.05) is 12.4 Å². The van der Waals surface area contributed by atoms with Crippen LogP contribution in [0.15, 0.2) is 24.5 Å². The van der Waals surface area contributed by atoms with Gasteiger partial charge in [0.1, 0.15) is 5.69 Å². The predicted molar refractivity (Wildman–Crippen MR) is 54.6 cm³/mol. The van der Waals surface area contributed by atoms with Gasteiger partial charge >= 0.3 is 0 Å². The van der Waals surface area contributed by atoms with E-state index in [4.69, 9.17) is 0 Å². The van der Waals surface area contributed by atoms with Crippen LogP contribution < -0.4 is 9.80 Å². The highest BCUT2D eigenvalue weighted by Crippen LogP contribution is 2.19. The van der Waals surface area contributed by atoms with Gasteiger partial charge in [-0.2, -0.15) is 0 Å². The molecule has 2 rings (SSSR count). The normalized spacial score (nSPS) is 21.3. The molecule has 1 aromatic rings. The monoisotopic (exact) mass is 178 g/mol. The van der Waals surface area contributed by atoms with Gasteiger partial charge in [0.05, 0.1) is 20.1 Å². The van der Waals surface area contributed by atoms with E-state index < -0.39 is 0 Å². The fraction of sp³-hybridized carbons (Fsp3) is 0.500. The van der Waals surface area contributed by atoms with E-state index in [0.717, 1.165) is 17.6 Å². The van der Waals surface area contributed by atoms with E-state index in [9.17, 15) is 0 Å². The standard InChI is InChI=1S/C10H16N3/c1-13(8-6-12-7-9-13)10-2-4-11-5-3-10/h2-5,12H,6-9H2,1H3/q+1. The van der Waals surface area contributed by atoms with Crippen LogP contribution in [0.5, 0.6) is 0 Å². The topological polar surface area (TPSA) is 24.9 Å². The average Bonchev–Trinajstić information content (AvgIpc) is 2.20. The zero-order chi connectivity index (χ0) is 9.15. The molecular formula is C10H16N3+. The Morgan fingerprint density at radius 1 is 1.23 bits per heavy atom. The lowest BCUT2D eigenvalue weighted by molar-refractivity contribution is 0.288. The smallest absolute Gasteiger partial charge is 0.135 e. The Morgan fingerprint density at radius 2 is 1.85 bits per heavy atom. The van der Waals surface area contributed by atoms with Gasteiger partial charge < -0.3 is 5.32 Å². The minimum atomic E-state index is 1.04. The highest BCUT2D eigenvalue weighted by molar-refractivity contribution is 5.40. The predicted octanol–water partition coefficient (Wildman–Crippen LogP) is 0.622. The summed E-state index contributed by atoms with van der Waals surface area (Å²) in [5.41, 5.74) is 1.37. The van der Waals surface area contributed by atoms with E-state index >= 15 is 0 Å². The molecule has 0 spiro atoms. The van der Waals surface area contributed by atoms with Crippen molar-refractivity contribution in [2.24, 2.45) is 0 Å². The average molecular weight is 178 g/mol. The van der Waals surface area contributed by atoms with Gasteiger partial charge in [0.25, 0.3) is 0 Å². The molecule has 0 amide bonds. The molecule has 0 atom stereocenters. The number of likely N-dealkylation sites (N-methyl/N-ethyl adjacent to an activating group) is 1. The minimum Gasteiger partial charge on any atom is -0.306 e. The molecule has 0 bridgehead atoms. The van der Waals surface area contributed by atoms with E-state index in [2.05, 4.69) is 29.5 Å². The first-order valence-electron chi connectivity index (χ1n) is 4.77. The van der Waals surface area contributed by atoms with Gasteiger partial charge in [-0.1, -0.05) is 0 Å². The maximum atomic E-state index is 4.05. The van der Waals surface area contributed by atoms with Crippen molar-refractivity contribution in [3.05, 3.63) is 24.5 Å². The molecule has 70 valence electrons. The Labute approximate surface area is 79.0 Å². The van der Waals surface area contributed by atoms with Crippen LogP contribution in [-0.4, -0.2) is 38.2 Å². The quantitative estimate of drug-likeness (QED) is 0.638. The second-order valence-electron chi connectivity index (χ2n) is 3.80. The maximum Gasteiger partial charge on any atom is 0.135 e. The summed E-state index contributed by atoms with van der Waals surface area (Å²) in [6.07, 6.45) is 3.75. The third kappa shape index (κ3) is 1.71. The van der Waals surface area contributed by atoms with E-state index in [1.165, 1.54) is 18.8 Å². The van der Waals surface area contributed by atoms with Crippen molar-refractivity contribution in [2.45, 2.75) is 0 Å². The summed E-state index contributed by atoms with van der Waals surface area (Å²) in [7, 11) is 2.29. The van der Waals surface area contributed by atoms with Crippen molar-refractivity contribution >= 4 is 5.69 Å². The van der Waals surface area contributed by atoms with Crippen LogP contribution in [0.1, 0.15) is 0 Å². The number of nitrogens with one attached hydrogen (secondary N) is 1. The van der Waals surface area contributed by atoms with Crippen molar-refractivity contribution < 1.29 is 0 Å². The Kier molecular flexibility index (Phi) is 2.29. The van der Waals surface area contributed by atoms with Crippen LogP contribution in [0.3, 0.4) is 0 Å². The summed E-state index contributed by atoms with van der Waals surface area (Å²) in [6.45, 7) is 4.56. The fourth-order valence-electron chi connectivity index (χ4n) is 1.85. The van der Waals surface area contributed by atoms with E-state index in [-0.39, 0.29) is 0 Å². The number of hydrogen-bond donors (Lipinski definition) is 1. The van der Waals surface area contributed by atoms with E-state index in [0.29, 0.717) is 0 Å². The second-order valence-corrected chi connectivity index (χ2v) is 3.80. The molecule has 1 aliphatic heterocycles. The number of pyridine rings is 1. The minimum absolute atomic E-state index is 1.04. The first kappa shape index (κ1) is 8.66. The summed E-state index contributed by atoms with van der Waals surface area (Å²) < 4.78 is 1.04. The van der Waals surface area contributed by atoms with Crippen LogP contribution in [0.25, 0.3) is 0 Å². The number of hydrogen-bond acceptors (Lipinski definition) is 2. The van der Waals surface area contributed by atoms with Crippen molar-refractivity contribution in [3.8, 4) is 0 Å². The molecule has 13 heavy (non-hydrogen) atoms. The van der Waals surface area contributed by atoms with Crippen molar-refractivity contribution in [3.63, 3.8) is 0 Å². The molecule has 3 nitrogen and oxygen atoms in total. The van der Waals surface area contributed by atoms with Crippen molar-refractivity contribution in [2.75, 3.05) is 33.2 Å². The molecule has 0 aliphatic carbocycles. The molecule has 2 heterocycles. The molecule has 1 saturated heterocycles. The summed E-state index contributed by atoms with van der Waals surface area (Å²) in [6, 6.07) is 4.23. The molecule has 1 N–H and O–H groups in total. The summed E-state index contributed by atoms with van der Waals surface area (Å²) >= 11 is 0. The Hall–Kier alpha value is -0.930. The Balaban J connectivity index is 2.23. The zero-order valence-corrected chi connectivity index (χ0v) is 8.03. The number of piperazine rings is 1. The van der Waals surface area contributed by atoms with Gasteiger partial charge in [-0.25, -0.2) is 0 Å². The lowest BCUT2D eigenvalue weighted by atomic mass is 10.2. The summed E-state index contributed by atoms with van der Waals surface area (Å²) in [5, 5.41) is 3.38. The van der Waals surface area contributed by atoms with Crippen molar-refractivity contribution in [1.29, 1.82) is 0 Å². The molecule has 1 fully saturated rings. The SMILES string of the molecule is C[N+]1(c2ccncc2)CCNCC1. The highest BCUT2D eigenvalue weighted by Gasteiger charge is 2.26. The first-order valence-corrected chi connectivity index (χ1v) is 4.77. The maximum absolute atomic E-state index is 4.05. The van der Waals surface area contributed by atoms with E-state index in [1.54, 1.807) is 0 Å². The van der Waals surface area contributed by atoms with Gasteiger partial charge in [-0.15, -0.1) is 0 Å². The van der Waals surface area contributed by atoms with Gasteiger partial charge in [-0.05, 0) is 0 Å². The third-order valence-electron chi connectivity index (χ3n) is 2.85. The zero-order valence-electron chi connectivity index (χ0n) is 8.03. The molecular weight excluding hydrogens is 162 g/mol. The molecule has 1 aromatic heterocycles. The Morgan fingerprint density at radius 3 is 2.46 bits per heavy atom. The van der Waals surface area contributed by atoms with Crippen LogP contribution in [-0.2, 0) is 0 Å². The number of nitrogens with zero attached hydrogens (tertiary/aromatic N) is 2. The second kappa shape index (κ2) is 3.44. The number of quaternary nitrogens is 1. The number of aromatic nitrogens is 1. The molecule has 0 saturated carbocycles. The van der Waals surface area contributed by atoms with Gasteiger partial charge in [0, 0.05) is 37.6 Å². The van der Waals surface area contributed by atoms with Crippen LogP contribution in [0.2, 0.25) is 0 Å². The fourth-order valence-corrected chi connectivity index (χ4v) is 1.85. The molecule has 3 heteroatoms. The lowest BCUT2D eigenvalue weighted by Gasteiger charge is -2.37. The Bertz CT molecular complexity index is 265. The highest BCUT2D eigenvalue weighted by atomic mass is 15.4. The molecule has 1 aliphatic rings. The van der Waals surface area contributed by atoms with Gasteiger partial charge in [0.2, 0.25) is 0 Å². The molecule has 0 aromatic carbocycles. The van der Waals surface area contributed by atoms with Crippen molar-refractivity contribution in [1.82, 2.24) is 14.8 Å². The third-order valence-corrected chi connectivity index (χ3v) is 2.85. The molecule has 0 radical (unpaired) electrons.